The highest BCUT2D eigenvalue weighted by molar-refractivity contribution is 9.10. The highest BCUT2D eigenvalue weighted by Crippen LogP contribution is 2.44. The summed E-state index contributed by atoms with van der Waals surface area (Å²) in [7, 11) is 0. The summed E-state index contributed by atoms with van der Waals surface area (Å²) in [6.07, 6.45) is 6.00. The smallest absolute Gasteiger partial charge is 0.338 e. The lowest BCUT2D eigenvalue weighted by Crippen LogP contribution is -2.32. The molecule has 3 aromatic rings. The molecule has 0 spiro atoms. The molecule has 0 saturated heterocycles. The number of nitrogens with one attached hydrogen (secondary N) is 1. The van der Waals surface area contributed by atoms with Crippen molar-refractivity contribution < 1.29 is 19.0 Å². The van der Waals surface area contributed by atoms with Gasteiger partial charge in [-0.05, 0) is 91.1 Å². The number of carbonyl (C=O) groups excluding carboxylic acids is 1. The van der Waals surface area contributed by atoms with Crippen molar-refractivity contribution in [2.75, 3.05) is 18.5 Å². The van der Waals surface area contributed by atoms with Crippen LogP contribution >= 0.6 is 27.7 Å². The maximum Gasteiger partial charge on any atom is 0.338 e. The van der Waals surface area contributed by atoms with E-state index in [0.717, 1.165) is 47.9 Å². The molecule has 10 heteroatoms. The van der Waals surface area contributed by atoms with Crippen LogP contribution < -0.4 is 14.8 Å². The van der Waals surface area contributed by atoms with Crippen LogP contribution in [0.5, 0.6) is 11.5 Å². The maximum absolute atomic E-state index is 13.9. The van der Waals surface area contributed by atoms with Gasteiger partial charge in [-0.2, -0.15) is 4.98 Å². The van der Waals surface area contributed by atoms with Crippen molar-refractivity contribution in [3.8, 4) is 11.5 Å². The minimum Gasteiger partial charge on any atom is -0.490 e. The fourth-order valence-corrected chi connectivity index (χ4v) is 6.79. The van der Waals surface area contributed by atoms with Crippen LogP contribution in [0.1, 0.15) is 83.4 Å². The molecule has 1 N–H and O–H groups in total. The van der Waals surface area contributed by atoms with E-state index in [4.69, 9.17) is 24.3 Å². The van der Waals surface area contributed by atoms with Crippen molar-refractivity contribution in [2.45, 2.75) is 89.3 Å². The zero-order valence-corrected chi connectivity index (χ0v) is 27.8. The van der Waals surface area contributed by atoms with Gasteiger partial charge in [-0.1, -0.05) is 62.4 Å². The van der Waals surface area contributed by atoms with Gasteiger partial charge in [-0.3, -0.25) is 0 Å². The molecule has 1 aromatic heterocycles. The lowest BCUT2D eigenvalue weighted by molar-refractivity contribution is -0.146. The Balaban J connectivity index is 1.52. The first-order chi connectivity index (χ1) is 20.8. The van der Waals surface area contributed by atoms with Crippen LogP contribution in [0.2, 0.25) is 0 Å². The molecule has 1 fully saturated rings. The second-order valence-electron chi connectivity index (χ2n) is 11.5. The van der Waals surface area contributed by atoms with E-state index in [0.29, 0.717) is 53.0 Å². The molecular formula is C33H41BrN4O4S. The molecule has 0 amide bonds. The number of carbonyl (C=O) groups is 1. The third kappa shape index (κ3) is 7.76. The van der Waals surface area contributed by atoms with Crippen molar-refractivity contribution in [2.24, 2.45) is 5.92 Å². The molecule has 5 rings (SSSR count). The number of hydrogen-bond acceptors (Lipinski definition) is 8. The topological polar surface area (TPSA) is 87.5 Å². The average Bonchev–Trinajstić information content (AvgIpc) is 3.40. The van der Waals surface area contributed by atoms with E-state index in [1.807, 2.05) is 44.2 Å². The van der Waals surface area contributed by atoms with E-state index in [-0.39, 0.29) is 12.1 Å². The van der Waals surface area contributed by atoms with Gasteiger partial charge in [-0.15, -0.1) is 5.10 Å². The lowest BCUT2D eigenvalue weighted by Gasteiger charge is -2.30. The number of benzene rings is 2. The van der Waals surface area contributed by atoms with Crippen molar-refractivity contribution in [1.29, 1.82) is 0 Å². The molecule has 1 unspecified atom stereocenters. The van der Waals surface area contributed by atoms with Gasteiger partial charge in [0.1, 0.15) is 12.1 Å². The van der Waals surface area contributed by atoms with Gasteiger partial charge in [0.2, 0.25) is 11.1 Å². The molecular weight excluding hydrogens is 628 g/mol. The first kappa shape index (κ1) is 31.4. The largest absolute Gasteiger partial charge is 0.490 e. The number of hydrogen-bond donors (Lipinski definition) is 1. The summed E-state index contributed by atoms with van der Waals surface area (Å²) in [4.78, 5) is 18.7. The van der Waals surface area contributed by atoms with E-state index in [1.165, 1.54) is 12.0 Å². The number of anilines is 1. The van der Waals surface area contributed by atoms with Crippen LogP contribution in [0.25, 0.3) is 0 Å². The summed E-state index contributed by atoms with van der Waals surface area (Å²) in [5.41, 5.74) is 3.24. The number of ether oxygens (including phenoxy) is 3. The molecule has 8 nitrogen and oxygen atoms in total. The van der Waals surface area contributed by atoms with Crippen LogP contribution in [-0.2, 0) is 15.3 Å². The minimum atomic E-state index is -0.564. The number of nitrogens with zero attached hydrogens (tertiary/aromatic N) is 3. The second-order valence-corrected chi connectivity index (χ2v) is 13.3. The summed E-state index contributed by atoms with van der Waals surface area (Å²) in [6, 6.07) is 13.6. The van der Waals surface area contributed by atoms with Crippen LogP contribution in [0.3, 0.4) is 0 Å². The van der Waals surface area contributed by atoms with Crippen LogP contribution in [0, 0.1) is 5.92 Å². The third-order valence-electron chi connectivity index (χ3n) is 7.68. The number of thioether (sulfide) groups is 1. The molecule has 0 radical (unpaired) electrons. The molecule has 1 atom stereocenters. The Kier molecular flexibility index (Phi) is 10.7. The molecule has 0 bridgehead atoms. The fraction of sp³-hybridized carbons (Fsp3) is 0.485. The average molecular weight is 670 g/mol. The quantitative estimate of drug-likeness (QED) is 0.152. The minimum absolute atomic E-state index is 0.0706. The van der Waals surface area contributed by atoms with Crippen molar-refractivity contribution in [1.82, 2.24) is 14.8 Å². The number of aromatic nitrogens is 3. The van der Waals surface area contributed by atoms with Crippen molar-refractivity contribution >= 4 is 39.6 Å². The van der Waals surface area contributed by atoms with Gasteiger partial charge in [0, 0.05) is 11.4 Å². The maximum atomic E-state index is 13.9. The van der Waals surface area contributed by atoms with E-state index in [9.17, 15) is 4.79 Å². The Morgan fingerprint density at radius 2 is 1.91 bits per heavy atom. The van der Waals surface area contributed by atoms with Gasteiger partial charge in [-0.25, -0.2) is 9.48 Å². The van der Waals surface area contributed by atoms with Gasteiger partial charge in [0.05, 0.1) is 23.3 Å². The molecule has 2 aromatic carbocycles. The Morgan fingerprint density at radius 3 is 2.63 bits per heavy atom. The third-order valence-corrected chi connectivity index (χ3v) is 9.18. The molecule has 1 aliphatic heterocycles. The molecule has 230 valence electrons. The van der Waals surface area contributed by atoms with Gasteiger partial charge >= 0.3 is 5.97 Å². The summed E-state index contributed by atoms with van der Waals surface area (Å²) in [6.45, 7) is 9.26. The number of halogens is 1. The van der Waals surface area contributed by atoms with E-state index >= 15 is 0 Å². The predicted octanol–water partition coefficient (Wildman–Crippen LogP) is 8.32. The summed E-state index contributed by atoms with van der Waals surface area (Å²) < 4.78 is 20.9. The van der Waals surface area contributed by atoms with Crippen LogP contribution in [0.15, 0.2) is 63.4 Å². The molecule has 43 heavy (non-hydrogen) atoms. The Labute approximate surface area is 267 Å². The highest BCUT2D eigenvalue weighted by Gasteiger charge is 2.37. The lowest BCUT2D eigenvalue weighted by atomic mass is 9.94. The SMILES string of the molecule is CCOc1cc(C2C(C(=O)OC3CCCCC3)=C(C)Nc3nc(SCc4ccccc4)nn32)cc(Br)c1OCCC(C)C. The van der Waals surface area contributed by atoms with E-state index in [1.54, 1.807) is 16.4 Å². The van der Waals surface area contributed by atoms with E-state index < -0.39 is 6.04 Å². The van der Waals surface area contributed by atoms with Gasteiger partial charge in [0.15, 0.2) is 11.5 Å². The first-order valence-corrected chi connectivity index (χ1v) is 17.0. The van der Waals surface area contributed by atoms with Crippen LogP contribution in [-0.4, -0.2) is 40.1 Å². The van der Waals surface area contributed by atoms with E-state index in [2.05, 4.69) is 47.2 Å². The Morgan fingerprint density at radius 1 is 1.14 bits per heavy atom. The molecule has 2 aliphatic rings. The summed E-state index contributed by atoms with van der Waals surface area (Å²) in [5, 5.41) is 8.88. The predicted molar refractivity (Wildman–Crippen MR) is 174 cm³/mol. The normalized spacial score (nSPS) is 17.0. The summed E-state index contributed by atoms with van der Waals surface area (Å²) in [5.74, 6) is 2.79. The first-order valence-electron chi connectivity index (χ1n) is 15.2. The van der Waals surface area contributed by atoms with Gasteiger partial charge in [0.25, 0.3) is 0 Å². The van der Waals surface area contributed by atoms with Crippen LogP contribution in [0.4, 0.5) is 5.95 Å². The van der Waals surface area contributed by atoms with Crippen molar-refractivity contribution in [3.63, 3.8) is 0 Å². The molecule has 2 heterocycles. The highest BCUT2D eigenvalue weighted by atomic mass is 79.9. The Bertz CT molecular complexity index is 1440. The number of fused-ring (bicyclic) bond motifs is 1. The molecule has 1 aliphatic carbocycles. The zero-order chi connectivity index (χ0) is 30.3. The molecule has 1 saturated carbocycles. The zero-order valence-electron chi connectivity index (χ0n) is 25.4. The summed E-state index contributed by atoms with van der Waals surface area (Å²) >= 11 is 5.31. The monoisotopic (exact) mass is 668 g/mol. The number of esters is 1. The standard InChI is InChI=1S/C33H41BrN4O4S/c1-5-40-27-19-24(18-26(34)30(27)41-17-16-21(2)3)29-28(31(39)42-25-14-10-7-11-15-25)22(4)35-32-36-33(37-38(29)32)43-20-23-12-8-6-9-13-23/h6,8-9,12-13,18-19,21,25,29H,5,7,10-11,14-17,20H2,1-4H3,(H,35,36,37). The number of rotatable bonds is 12. The fourth-order valence-electron chi connectivity index (χ4n) is 5.43. The Hall–Kier alpha value is -2.98. The van der Waals surface area contributed by atoms with Gasteiger partial charge < -0.3 is 19.5 Å². The second kappa shape index (κ2) is 14.7. The van der Waals surface area contributed by atoms with Crippen molar-refractivity contribution in [3.05, 3.63) is 69.3 Å². The number of allylic oxidation sites excluding steroid dienone is 1.